The van der Waals surface area contributed by atoms with Crippen LogP contribution in [-0.4, -0.2) is 68.7 Å². The number of amides is 1. The minimum atomic E-state index is 0.150. The van der Waals surface area contributed by atoms with Gasteiger partial charge in [0, 0.05) is 50.3 Å². The predicted molar refractivity (Wildman–Crippen MR) is 116 cm³/mol. The molecule has 1 aromatic rings. The molecule has 1 heterocycles. The Labute approximate surface area is 175 Å². The summed E-state index contributed by atoms with van der Waals surface area (Å²) in [5.74, 6) is 0.637. The van der Waals surface area contributed by atoms with Crippen molar-refractivity contribution >= 4 is 17.5 Å². The predicted octanol–water partition coefficient (Wildman–Crippen LogP) is 3.42. The number of hydrogen-bond donors (Lipinski definition) is 1. The average Bonchev–Trinajstić information content (AvgIpc) is 2.68. The van der Waals surface area contributed by atoms with E-state index >= 15 is 0 Å². The van der Waals surface area contributed by atoms with Gasteiger partial charge in [0.1, 0.15) is 0 Å². The van der Waals surface area contributed by atoms with Crippen molar-refractivity contribution in [2.45, 2.75) is 45.2 Å². The Hall–Kier alpha value is -1.14. The largest absolute Gasteiger partial charge is 0.382 e. The summed E-state index contributed by atoms with van der Waals surface area (Å²) in [7, 11) is 4.30. The van der Waals surface area contributed by atoms with E-state index in [0.717, 1.165) is 50.5 Å². The maximum atomic E-state index is 12.2. The lowest BCUT2D eigenvalue weighted by Gasteiger charge is -2.41. The number of rotatable bonds is 11. The van der Waals surface area contributed by atoms with Gasteiger partial charge in [-0.25, -0.2) is 0 Å². The van der Waals surface area contributed by atoms with Gasteiger partial charge in [-0.3, -0.25) is 9.69 Å². The number of halogens is 1. The second kappa shape index (κ2) is 12.4. The van der Waals surface area contributed by atoms with Crippen molar-refractivity contribution in [3.8, 4) is 0 Å². The van der Waals surface area contributed by atoms with E-state index < -0.39 is 0 Å². The average molecular weight is 410 g/mol. The van der Waals surface area contributed by atoms with Gasteiger partial charge in [0.2, 0.25) is 5.91 Å². The van der Waals surface area contributed by atoms with E-state index in [0.29, 0.717) is 31.5 Å². The molecule has 158 valence electrons. The molecule has 0 saturated carbocycles. The van der Waals surface area contributed by atoms with Crippen LogP contribution in [0.15, 0.2) is 24.3 Å². The number of nitrogens with one attached hydrogen (secondary N) is 1. The molecule has 0 radical (unpaired) electrons. The number of benzene rings is 1. The van der Waals surface area contributed by atoms with Crippen molar-refractivity contribution in [2.24, 2.45) is 5.92 Å². The highest BCUT2D eigenvalue weighted by molar-refractivity contribution is 6.31. The van der Waals surface area contributed by atoms with Gasteiger partial charge < -0.3 is 15.0 Å². The summed E-state index contributed by atoms with van der Waals surface area (Å²) in [6, 6.07) is 8.59. The first-order valence-corrected chi connectivity index (χ1v) is 10.9. The van der Waals surface area contributed by atoms with Crippen molar-refractivity contribution in [2.75, 3.05) is 46.9 Å². The van der Waals surface area contributed by atoms with Crippen molar-refractivity contribution < 1.29 is 9.53 Å². The van der Waals surface area contributed by atoms with Crippen LogP contribution in [0.2, 0.25) is 5.02 Å². The van der Waals surface area contributed by atoms with Crippen molar-refractivity contribution in [1.82, 2.24) is 15.1 Å². The van der Waals surface area contributed by atoms with Crippen LogP contribution in [0.1, 0.15) is 38.2 Å². The van der Waals surface area contributed by atoms with Gasteiger partial charge in [0.25, 0.3) is 0 Å². The lowest BCUT2D eigenvalue weighted by Crippen LogP contribution is -2.48. The van der Waals surface area contributed by atoms with Crippen LogP contribution in [0, 0.1) is 5.92 Å². The molecule has 0 aromatic heterocycles. The quantitative estimate of drug-likeness (QED) is 0.569. The smallest absolute Gasteiger partial charge is 0.220 e. The number of carbonyl (C=O) groups is 1. The standard InChI is InChI=1S/C22H36ClN3O2/c1-4-28-15-7-13-24-22(27)11-10-19-17-26(14-12-21(19)25(2)3)16-18-8-5-6-9-20(18)23/h5-6,8-9,19,21H,4,7,10-17H2,1-3H3,(H,24,27)/t19-,21+/m0/s1. The molecule has 1 amide bonds. The van der Waals surface area contributed by atoms with Crippen LogP contribution in [0.3, 0.4) is 0 Å². The SMILES string of the molecule is CCOCCCNC(=O)CC[C@H]1CN(Cc2ccccc2Cl)CC[C@H]1N(C)C. The summed E-state index contributed by atoms with van der Waals surface area (Å²) < 4.78 is 5.31. The molecule has 1 N–H and O–H groups in total. The molecule has 1 fully saturated rings. The van der Waals surface area contributed by atoms with Gasteiger partial charge in [0.15, 0.2) is 0 Å². The van der Waals surface area contributed by atoms with E-state index in [1.54, 1.807) is 0 Å². The topological polar surface area (TPSA) is 44.8 Å². The maximum Gasteiger partial charge on any atom is 0.220 e. The maximum absolute atomic E-state index is 12.2. The molecule has 1 aliphatic heterocycles. The van der Waals surface area contributed by atoms with Crippen LogP contribution in [0.5, 0.6) is 0 Å². The zero-order valence-corrected chi connectivity index (χ0v) is 18.4. The Morgan fingerprint density at radius 1 is 1.36 bits per heavy atom. The number of piperidine rings is 1. The van der Waals surface area contributed by atoms with E-state index in [4.69, 9.17) is 16.3 Å². The minimum absolute atomic E-state index is 0.150. The molecule has 1 aromatic carbocycles. The second-order valence-electron chi connectivity index (χ2n) is 7.85. The van der Waals surface area contributed by atoms with Crippen LogP contribution in [-0.2, 0) is 16.1 Å². The monoisotopic (exact) mass is 409 g/mol. The van der Waals surface area contributed by atoms with E-state index in [-0.39, 0.29) is 5.91 Å². The Bertz CT molecular complexity index is 597. The highest BCUT2D eigenvalue weighted by Gasteiger charge is 2.30. The minimum Gasteiger partial charge on any atom is -0.382 e. The highest BCUT2D eigenvalue weighted by atomic mass is 35.5. The van der Waals surface area contributed by atoms with Crippen molar-refractivity contribution in [3.05, 3.63) is 34.9 Å². The first kappa shape index (κ1) is 23.1. The number of carbonyl (C=O) groups excluding carboxylic acids is 1. The van der Waals surface area contributed by atoms with E-state index in [9.17, 15) is 4.79 Å². The summed E-state index contributed by atoms with van der Waals surface area (Å²) in [4.78, 5) is 17.0. The normalized spacial score (nSPS) is 20.5. The zero-order chi connectivity index (χ0) is 20.4. The number of hydrogen-bond acceptors (Lipinski definition) is 4. The summed E-state index contributed by atoms with van der Waals surface area (Å²) >= 11 is 6.35. The summed E-state index contributed by atoms with van der Waals surface area (Å²) in [6.45, 7) is 7.06. The molecular formula is C22H36ClN3O2. The van der Waals surface area contributed by atoms with Gasteiger partial charge in [0.05, 0.1) is 0 Å². The van der Waals surface area contributed by atoms with E-state index in [1.807, 2.05) is 25.1 Å². The van der Waals surface area contributed by atoms with Gasteiger partial charge in [-0.1, -0.05) is 29.8 Å². The fourth-order valence-corrected chi connectivity index (χ4v) is 4.22. The van der Waals surface area contributed by atoms with Gasteiger partial charge in [-0.15, -0.1) is 0 Å². The second-order valence-corrected chi connectivity index (χ2v) is 8.25. The molecule has 28 heavy (non-hydrogen) atoms. The van der Waals surface area contributed by atoms with Crippen molar-refractivity contribution in [1.29, 1.82) is 0 Å². The van der Waals surface area contributed by atoms with Gasteiger partial charge in [-0.05, 0) is 64.4 Å². The molecule has 2 rings (SSSR count). The number of ether oxygens (including phenoxy) is 1. The molecule has 2 atom stereocenters. The summed E-state index contributed by atoms with van der Waals surface area (Å²) in [5.41, 5.74) is 1.18. The molecular weight excluding hydrogens is 374 g/mol. The summed E-state index contributed by atoms with van der Waals surface area (Å²) in [5, 5.41) is 3.85. The molecule has 1 saturated heterocycles. The lowest BCUT2D eigenvalue weighted by molar-refractivity contribution is -0.121. The third-order valence-electron chi connectivity index (χ3n) is 5.53. The number of likely N-dealkylation sites (tertiary alicyclic amines) is 1. The van der Waals surface area contributed by atoms with E-state index in [2.05, 4.69) is 35.3 Å². The zero-order valence-electron chi connectivity index (χ0n) is 17.6. The Kier molecular flexibility index (Phi) is 10.3. The fraction of sp³-hybridized carbons (Fsp3) is 0.682. The highest BCUT2D eigenvalue weighted by Crippen LogP contribution is 2.27. The fourth-order valence-electron chi connectivity index (χ4n) is 4.02. The lowest BCUT2D eigenvalue weighted by atomic mass is 9.87. The molecule has 0 spiro atoms. The van der Waals surface area contributed by atoms with Crippen molar-refractivity contribution in [3.63, 3.8) is 0 Å². The summed E-state index contributed by atoms with van der Waals surface area (Å²) in [6.07, 6.45) is 3.50. The molecule has 5 nitrogen and oxygen atoms in total. The van der Waals surface area contributed by atoms with Gasteiger partial charge in [-0.2, -0.15) is 0 Å². The first-order valence-electron chi connectivity index (χ1n) is 10.5. The molecule has 6 heteroatoms. The third kappa shape index (κ3) is 7.70. The van der Waals surface area contributed by atoms with Crippen LogP contribution in [0.25, 0.3) is 0 Å². The molecule has 0 unspecified atom stereocenters. The Balaban J connectivity index is 1.82. The Morgan fingerprint density at radius 2 is 2.14 bits per heavy atom. The number of nitrogens with zero attached hydrogens (tertiary/aromatic N) is 2. The third-order valence-corrected chi connectivity index (χ3v) is 5.90. The van der Waals surface area contributed by atoms with Crippen LogP contribution < -0.4 is 5.32 Å². The molecule has 0 aliphatic carbocycles. The van der Waals surface area contributed by atoms with Crippen LogP contribution in [0.4, 0.5) is 0 Å². The molecule has 1 aliphatic rings. The Morgan fingerprint density at radius 3 is 2.86 bits per heavy atom. The van der Waals surface area contributed by atoms with E-state index in [1.165, 1.54) is 5.56 Å². The van der Waals surface area contributed by atoms with Gasteiger partial charge >= 0.3 is 0 Å². The molecule has 0 bridgehead atoms. The first-order chi connectivity index (χ1) is 13.5. The van der Waals surface area contributed by atoms with Crippen LogP contribution >= 0.6 is 11.6 Å².